The Hall–Kier alpha value is -6.88. The van der Waals surface area contributed by atoms with Crippen LogP contribution in [0.1, 0.15) is 73.7 Å². The Labute approximate surface area is 369 Å². The van der Waals surface area contributed by atoms with Gasteiger partial charge in [-0.1, -0.05) is 124 Å². The molecule has 0 saturated carbocycles. The fraction of sp³-hybridized carbons (Fsp3) is 0.153. The van der Waals surface area contributed by atoms with Crippen LogP contribution in [0, 0.1) is 0 Å². The third kappa shape index (κ3) is 4.74. The molecule has 11 aromatic rings. The van der Waals surface area contributed by atoms with E-state index >= 15 is 0 Å². The molecule has 3 aliphatic rings. The lowest BCUT2D eigenvalue weighted by molar-refractivity contribution is 0.425. The van der Waals surface area contributed by atoms with Crippen LogP contribution in [0.3, 0.4) is 0 Å². The van der Waals surface area contributed by atoms with Crippen LogP contribution in [0.15, 0.2) is 156 Å². The Morgan fingerprint density at radius 1 is 0.635 bits per heavy atom. The summed E-state index contributed by atoms with van der Waals surface area (Å²) in [5.74, 6) is 1.37. The van der Waals surface area contributed by atoms with E-state index in [-0.39, 0.29) is 11.0 Å². The molecule has 0 aliphatic heterocycles. The number of aromatic nitrogens is 2. The fourth-order valence-corrected chi connectivity index (χ4v) is 13.3. The Kier molecular flexibility index (Phi) is 7.02. The van der Waals surface area contributed by atoms with Crippen molar-refractivity contribution in [1.82, 2.24) is 9.13 Å². The van der Waals surface area contributed by atoms with Crippen LogP contribution in [0.5, 0.6) is 0 Å². The molecule has 0 spiro atoms. The number of benzene rings is 7. The van der Waals surface area contributed by atoms with Crippen molar-refractivity contribution in [3.8, 4) is 27.9 Å². The molecular formula is C59H44N2OS. The molecule has 0 fully saturated rings. The molecule has 14 rings (SSSR count). The van der Waals surface area contributed by atoms with E-state index in [1.54, 1.807) is 0 Å². The Bertz CT molecular complexity index is 3880. The molecule has 0 radical (unpaired) electrons. The second kappa shape index (κ2) is 12.4. The number of para-hydroxylation sites is 2. The Morgan fingerprint density at radius 2 is 1.40 bits per heavy atom. The molecular weight excluding hydrogens is 785 g/mol. The van der Waals surface area contributed by atoms with E-state index in [1.165, 1.54) is 114 Å². The predicted octanol–water partition coefficient (Wildman–Crippen LogP) is 16.3. The zero-order valence-corrected chi connectivity index (χ0v) is 36.6. The van der Waals surface area contributed by atoms with Crippen LogP contribution in [0.4, 0.5) is 0 Å². The first-order valence-electron chi connectivity index (χ1n) is 22.4. The summed E-state index contributed by atoms with van der Waals surface area (Å²) in [6, 6.07) is 52.7. The minimum absolute atomic E-state index is 0.155. The van der Waals surface area contributed by atoms with E-state index in [9.17, 15) is 0 Å². The van der Waals surface area contributed by atoms with Crippen LogP contribution >= 0.6 is 11.3 Å². The number of rotatable bonds is 3. The molecule has 0 saturated heterocycles. The highest BCUT2D eigenvalue weighted by molar-refractivity contribution is 7.25. The smallest absolute Gasteiger partial charge is 0.135 e. The van der Waals surface area contributed by atoms with Gasteiger partial charge in [0, 0.05) is 93.0 Å². The van der Waals surface area contributed by atoms with Crippen molar-refractivity contribution in [1.29, 1.82) is 0 Å². The van der Waals surface area contributed by atoms with Gasteiger partial charge in [0.2, 0.25) is 0 Å². The summed E-state index contributed by atoms with van der Waals surface area (Å²) in [5, 5.41) is 7.87. The van der Waals surface area contributed by atoms with Crippen LogP contribution < -0.4 is 0 Å². The summed E-state index contributed by atoms with van der Waals surface area (Å²) < 4.78 is 14.2. The lowest BCUT2D eigenvalue weighted by atomic mass is 9.80. The van der Waals surface area contributed by atoms with Gasteiger partial charge in [-0.3, -0.25) is 0 Å². The van der Waals surface area contributed by atoms with E-state index in [4.69, 9.17) is 4.42 Å². The first kappa shape index (κ1) is 35.7. The topological polar surface area (TPSA) is 23.0 Å². The molecule has 3 nitrogen and oxygen atoms in total. The van der Waals surface area contributed by atoms with Gasteiger partial charge in [-0.2, -0.15) is 0 Å². The summed E-state index contributed by atoms with van der Waals surface area (Å²) in [6.45, 7) is 9.64. The van der Waals surface area contributed by atoms with Gasteiger partial charge in [-0.05, 0) is 107 Å². The number of hydrogen-bond acceptors (Lipinski definition) is 2. The summed E-state index contributed by atoms with van der Waals surface area (Å²) >= 11 is 1.91. The Balaban J connectivity index is 0.924. The van der Waals surface area contributed by atoms with Gasteiger partial charge in [0.1, 0.15) is 11.3 Å². The first-order valence-corrected chi connectivity index (χ1v) is 23.3. The molecule has 2 unspecified atom stereocenters. The monoisotopic (exact) mass is 828 g/mol. The molecule has 63 heavy (non-hydrogen) atoms. The van der Waals surface area contributed by atoms with Gasteiger partial charge in [0.25, 0.3) is 0 Å². The van der Waals surface area contributed by atoms with Crippen molar-refractivity contribution in [2.45, 2.75) is 57.4 Å². The molecule has 0 amide bonds. The molecule has 3 aliphatic carbocycles. The van der Waals surface area contributed by atoms with Gasteiger partial charge in [-0.25, -0.2) is 0 Å². The normalized spacial score (nSPS) is 18.6. The number of nitrogens with zero attached hydrogens (tertiary/aromatic N) is 2. The lowest BCUT2D eigenvalue weighted by Crippen LogP contribution is -2.32. The first-order chi connectivity index (χ1) is 30.7. The number of allylic oxidation sites excluding steroid dienone is 2. The lowest BCUT2D eigenvalue weighted by Gasteiger charge is -2.32. The highest BCUT2D eigenvalue weighted by Crippen LogP contribution is 2.55. The van der Waals surface area contributed by atoms with Crippen molar-refractivity contribution >= 4 is 87.3 Å². The van der Waals surface area contributed by atoms with Crippen molar-refractivity contribution in [3.05, 3.63) is 185 Å². The van der Waals surface area contributed by atoms with E-state index in [0.717, 1.165) is 24.2 Å². The maximum Gasteiger partial charge on any atom is 0.135 e. The van der Waals surface area contributed by atoms with Gasteiger partial charge in [0.05, 0.1) is 11.1 Å². The van der Waals surface area contributed by atoms with Gasteiger partial charge in [-0.15, -0.1) is 11.3 Å². The van der Waals surface area contributed by atoms with E-state index in [2.05, 4.69) is 201 Å². The average molecular weight is 829 g/mol. The number of hydrogen-bond donors (Lipinski definition) is 0. The zero-order valence-electron chi connectivity index (χ0n) is 35.8. The predicted molar refractivity (Wildman–Crippen MR) is 267 cm³/mol. The summed E-state index contributed by atoms with van der Waals surface area (Å²) in [7, 11) is 0. The van der Waals surface area contributed by atoms with Gasteiger partial charge >= 0.3 is 0 Å². The van der Waals surface area contributed by atoms with Crippen LogP contribution in [0.25, 0.3) is 104 Å². The number of furan rings is 1. The molecule has 7 aromatic carbocycles. The number of fused-ring (bicyclic) bond motifs is 16. The number of thiophene rings is 1. The molecule has 0 bridgehead atoms. The van der Waals surface area contributed by atoms with Crippen molar-refractivity contribution in [2.24, 2.45) is 0 Å². The Morgan fingerprint density at radius 3 is 2.30 bits per heavy atom. The van der Waals surface area contributed by atoms with E-state index < -0.39 is 0 Å². The molecule has 2 atom stereocenters. The van der Waals surface area contributed by atoms with E-state index in [0.29, 0.717) is 5.92 Å². The van der Waals surface area contributed by atoms with E-state index in [1.807, 2.05) is 11.3 Å². The van der Waals surface area contributed by atoms with Crippen LogP contribution in [-0.4, -0.2) is 9.13 Å². The summed E-state index contributed by atoms with van der Waals surface area (Å²) in [6.07, 6.45) is 11.2. The van der Waals surface area contributed by atoms with Crippen molar-refractivity contribution in [2.75, 3.05) is 0 Å². The summed E-state index contributed by atoms with van der Waals surface area (Å²) in [4.78, 5) is 0. The quantitative estimate of drug-likeness (QED) is 0.174. The molecule has 4 heterocycles. The highest BCUT2D eigenvalue weighted by atomic mass is 32.1. The van der Waals surface area contributed by atoms with Crippen LogP contribution in [0.2, 0.25) is 0 Å². The van der Waals surface area contributed by atoms with Crippen molar-refractivity contribution < 1.29 is 4.42 Å². The SMILES string of the molecule is CC1CC=Cc2c1n(-c1ccc3c(c1)C(C)(C)c1c-3ccc3sc4ccccc4c13)c1cc(-c3ccc4c(c3)c3ccccc3n4C3(C)C=Cc4oc5ccccc5c4C3)ccc21. The average Bonchev–Trinajstić information content (AvgIpc) is 4.09. The minimum atomic E-state index is -0.277. The van der Waals surface area contributed by atoms with Gasteiger partial charge in [0.15, 0.2) is 0 Å². The summed E-state index contributed by atoms with van der Waals surface area (Å²) in [5.41, 5.74) is 17.6. The van der Waals surface area contributed by atoms with Crippen LogP contribution in [-0.2, 0) is 17.4 Å². The maximum absolute atomic E-state index is 6.31. The maximum atomic E-state index is 6.31. The third-order valence-electron chi connectivity index (χ3n) is 15.1. The molecule has 0 N–H and O–H groups in total. The van der Waals surface area contributed by atoms with Gasteiger partial charge < -0.3 is 13.6 Å². The highest BCUT2D eigenvalue weighted by Gasteiger charge is 2.39. The minimum Gasteiger partial charge on any atom is -0.456 e. The largest absolute Gasteiger partial charge is 0.456 e. The molecule has 4 aromatic heterocycles. The standard InChI is InChI=1S/C59H44N2OS/c1-34-12-11-16-43-40-23-20-36(35-21-26-49-45(30-35)39-13-5-8-17-48(39)61(49)59(4)29-28-52-46(33-59)41-14-6-9-18-51(41)62-52)31-50(40)60(57(34)43)37-22-24-38-42-25-27-54-55(44-15-7-10-19-53(44)63-54)56(42)58(2,3)47(38)32-37/h5-11,13-32,34H,12,33H2,1-4H3. The van der Waals surface area contributed by atoms with Crippen molar-refractivity contribution in [3.63, 3.8) is 0 Å². The third-order valence-corrected chi connectivity index (χ3v) is 16.2. The second-order valence-corrected chi connectivity index (χ2v) is 20.2. The fourth-order valence-electron chi connectivity index (χ4n) is 12.2. The molecule has 302 valence electrons. The second-order valence-electron chi connectivity index (χ2n) is 19.1. The zero-order chi connectivity index (χ0) is 41.9. The molecule has 4 heteroatoms.